The number of fused-ring (bicyclic) bond motifs is 1. The van der Waals surface area contributed by atoms with Crippen molar-refractivity contribution in [1.29, 1.82) is 0 Å². The number of imidazole rings is 1. The molecule has 0 aliphatic rings. The van der Waals surface area contributed by atoms with Gasteiger partial charge < -0.3 is 10.1 Å². The largest absolute Gasteiger partial charge is 0.478 e. The molecule has 2 aromatic carbocycles. The third-order valence-corrected chi connectivity index (χ3v) is 4.44. The zero-order valence-corrected chi connectivity index (χ0v) is 14.6. The van der Waals surface area contributed by atoms with Gasteiger partial charge in [0.2, 0.25) is 0 Å². The van der Waals surface area contributed by atoms with Crippen LogP contribution in [0, 0.1) is 0 Å². The van der Waals surface area contributed by atoms with E-state index >= 15 is 0 Å². The summed E-state index contributed by atoms with van der Waals surface area (Å²) in [6, 6.07) is 10.3. The van der Waals surface area contributed by atoms with Gasteiger partial charge in [-0.05, 0) is 24.3 Å². The van der Waals surface area contributed by atoms with Crippen LogP contribution in [0.2, 0.25) is 5.02 Å². The molecule has 0 aliphatic heterocycles. The lowest BCUT2D eigenvalue weighted by Crippen LogP contribution is -2.15. The Morgan fingerprint density at radius 3 is 2.57 bits per heavy atom. The summed E-state index contributed by atoms with van der Waals surface area (Å²) in [4.78, 5) is 18.2. The number of carbonyl (C=O) groups is 1. The van der Waals surface area contributed by atoms with E-state index in [1.807, 2.05) is 0 Å². The van der Waals surface area contributed by atoms with Gasteiger partial charge in [0.05, 0.1) is 33.6 Å². The lowest BCUT2D eigenvalue weighted by molar-refractivity contribution is -0.142. The summed E-state index contributed by atoms with van der Waals surface area (Å²) in [6.45, 7) is 0. The molecule has 0 bridgehead atoms. The number of rotatable bonds is 3. The maximum Gasteiger partial charge on any atom is 0.434 e. The van der Waals surface area contributed by atoms with Crippen molar-refractivity contribution in [3.05, 3.63) is 64.9 Å². The molecule has 2 N–H and O–H groups in total. The van der Waals surface area contributed by atoms with Gasteiger partial charge in [-0.3, -0.25) is 0 Å². The molecule has 2 heterocycles. The number of hydrogen-bond acceptors (Lipinski definition) is 3. The molecule has 4 rings (SSSR count). The molecule has 6 nitrogen and oxygen atoms in total. The third kappa shape index (κ3) is 2.89. The first-order valence-corrected chi connectivity index (χ1v) is 8.27. The topological polar surface area (TPSA) is 83.8 Å². The summed E-state index contributed by atoms with van der Waals surface area (Å²) in [6.07, 6.45) is -3.75. The molecule has 0 saturated heterocycles. The number of para-hydroxylation sites is 2. The van der Waals surface area contributed by atoms with Crippen LogP contribution < -0.4 is 0 Å². The Morgan fingerprint density at radius 1 is 1.14 bits per heavy atom. The lowest BCUT2D eigenvalue weighted by Gasteiger charge is -2.13. The molecule has 0 amide bonds. The third-order valence-electron chi connectivity index (χ3n) is 4.12. The summed E-state index contributed by atoms with van der Waals surface area (Å²) in [5.74, 6) is -1.37. The second kappa shape index (κ2) is 6.38. The molecule has 10 heteroatoms. The molecule has 2 aromatic heterocycles. The molecule has 28 heavy (non-hydrogen) atoms. The van der Waals surface area contributed by atoms with Crippen molar-refractivity contribution >= 4 is 28.6 Å². The van der Waals surface area contributed by atoms with Gasteiger partial charge in [-0.25, -0.2) is 14.5 Å². The van der Waals surface area contributed by atoms with Gasteiger partial charge in [-0.1, -0.05) is 29.8 Å². The fourth-order valence-electron chi connectivity index (χ4n) is 2.93. The molecule has 0 radical (unpaired) electrons. The Morgan fingerprint density at radius 2 is 1.89 bits per heavy atom. The van der Waals surface area contributed by atoms with Crippen LogP contribution in [0.5, 0.6) is 0 Å². The standard InChI is InChI=1S/C18H10ClF3N4O2/c19-11-5-1-2-7-13(11)26-15(18(20,21)22)10(8-23-26)16-24-12-6-3-4-9(17(27)28)14(12)25-16/h1-8H,(H,24,25)(H,27,28). The van der Waals surface area contributed by atoms with Gasteiger partial charge in [-0.2, -0.15) is 18.3 Å². The van der Waals surface area contributed by atoms with Gasteiger partial charge >= 0.3 is 12.1 Å². The lowest BCUT2D eigenvalue weighted by atomic mass is 10.2. The molecule has 0 spiro atoms. The molecule has 0 aliphatic carbocycles. The quantitative estimate of drug-likeness (QED) is 0.512. The number of nitrogens with one attached hydrogen (secondary N) is 1. The average Bonchev–Trinajstić information content (AvgIpc) is 3.25. The van der Waals surface area contributed by atoms with Crippen LogP contribution in [0.1, 0.15) is 16.1 Å². The van der Waals surface area contributed by atoms with Gasteiger partial charge in [0, 0.05) is 0 Å². The second-order valence-electron chi connectivity index (χ2n) is 5.86. The summed E-state index contributed by atoms with van der Waals surface area (Å²) < 4.78 is 42.3. The van der Waals surface area contributed by atoms with E-state index in [0.717, 1.165) is 6.20 Å². The van der Waals surface area contributed by atoms with Crippen molar-refractivity contribution in [3.8, 4) is 17.1 Å². The molecule has 0 saturated carbocycles. The highest BCUT2D eigenvalue weighted by molar-refractivity contribution is 6.32. The number of nitrogens with zero attached hydrogens (tertiary/aromatic N) is 3. The average molecular weight is 407 g/mol. The minimum atomic E-state index is -4.76. The molecule has 0 atom stereocenters. The molecule has 142 valence electrons. The number of H-pyrrole nitrogens is 1. The van der Waals surface area contributed by atoms with Crippen LogP contribution in [0.15, 0.2) is 48.7 Å². The predicted molar refractivity (Wildman–Crippen MR) is 95.6 cm³/mol. The molecule has 0 fully saturated rings. The first-order valence-electron chi connectivity index (χ1n) is 7.90. The molecular weight excluding hydrogens is 397 g/mol. The Balaban J connectivity index is 1.97. The monoisotopic (exact) mass is 406 g/mol. The zero-order valence-electron chi connectivity index (χ0n) is 13.8. The van der Waals surface area contributed by atoms with E-state index in [2.05, 4.69) is 15.1 Å². The predicted octanol–water partition coefficient (Wildman–Crippen LogP) is 4.79. The SMILES string of the molecule is O=C(O)c1cccc2[nH]c(-c3cnn(-c4ccccc4Cl)c3C(F)(F)F)nc12. The van der Waals surface area contributed by atoms with Crippen molar-refractivity contribution in [2.75, 3.05) is 0 Å². The van der Waals surface area contributed by atoms with E-state index in [-0.39, 0.29) is 33.2 Å². The van der Waals surface area contributed by atoms with Crippen LogP contribution in [-0.4, -0.2) is 30.8 Å². The first-order chi connectivity index (χ1) is 13.3. The van der Waals surface area contributed by atoms with Crippen molar-refractivity contribution in [1.82, 2.24) is 19.7 Å². The number of benzene rings is 2. The summed E-state index contributed by atoms with van der Waals surface area (Å²) in [5.41, 5.74) is -1.09. The van der Waals surface area contributed by atoms with Crippen molar-refractivity contribution in [2.24, 2.45) is 0 Å². The number of carboxylic acids is 1. The Bertz CT molecular complexity index is 1210. The first kappa shape index (κ1) is 18.1. The normalized spacial score (nSPS) is 11.9. The van der Waals surface area contributed by atoms with Crippen molar-refractivity contribution in [3.63, 3.8) is 0 Å². The Labute approximate surface area is 160 Å². The summed E-state index contributed by atoms with van der Waals surface area (Å²) in [7, 11) is 0. The van der Waals surface area contributed by atoms with E-state index in [0.29, 0.717) is 10.2 Å². The fourth-order valence-corrected chi connectivity index (χ4v) is 3.15. The number of aromatic nitrogens is 4. The number of aromatic amines is 1. The number of aromatic carboxylic acids is 1. The van der Waals surface area contributed by atoms with Crippen LogP contribution in [0.4, 0.5) is 13.2 Å². The smallest absolute Gasteiger partial charge is 0.434 e. The minimum Gasteiger partial charge on any atom is -0.478 e. The zero-order chi connectivity index (χ0) is 20.1. The van der Waals surface area contributed by atoms with E-state index in [1.165, 1.54) is 30.3 Å². The van der Waals surface area contributed by atoms with Crippen molar-refractivity contribution in [2.45, 2.75) is 6.18 Å². The van der Waals surface area contributed by atoms with E-state index in [4.69, 9.17) is 11.6 Å². The summed E-state index contributed by atoms with van der Waals surface area (Å²) >= 11 is 6.04. The van der Waals surface area contributed by atoms with Gasteiger partial charge in [0.25, 0.3) is 0 Å². The van der Waals surface area contributed by atoms with Crippen LogP contribution >= 0.6 is 11.6 Å². The van der Waals surface area contributed by atoms with Crippen molar-refractivity contribution < 1.29 is 23.1 Å². The molecular formula is C18H10ClF3N4O2. The van der Waals surface area contributed by atoms with E-state index < -0.39 is 17.8 Å². The molecule has 4 aromatic rings. The molecule has 0 unspecified atom stereocenters. The minimum absolute atomic E-state index is 0.0589. The highest BCUT2D eigenvalue weighted by Crippen LogP contribution is 2.39. The van der Waals surface area contributed by atoms with Crippen LogP contribution in [-0.2, 0) is 6.18 Å². The van der Waals surface area contributed by atoms with Crippen LogP contribution in [0.3, 0.4) is 0 Å². The Kier molecular flexibility index (Phi) is 4.11. The van der Waals surface area contributed by atoms with E-state index in [1.54, 1.807) is 12.1 Å². The van der Waals surface area contributed by atoms with Crippen LogP contribution in [0.25, 0.3) is 28.1 Å². The highest BCUT2D eigenvalue weighted by Gasteiger charge is 2.40. The Hall–Kier alpha value is -3.33. The maximum absolute atomic E-state index is 13.9. The second-order valence-corrected chi connectivity index (χ2v) is 6.27. The summed E-state index contributed by atoms with van der Waals surface area (Å²) in [5, 5.41) is 13.2. The van der Waals surface area contributed by atoms with Gasteiger partial charge in [-0.15, -0.1) is 0 Å². The number of carboxylic acid groups (broad SMARTS) is 1. The number of alkyl halides is 3. The fraction of sp³-hybridized carbons (Fsp3) is 0.0556. The maximum atomic E-state index is 13.9. The van der Waals surface area contributed by atoms with E-state index in [9.17, 15) is 23.1 Å². The highest BCUT2D eigenvalue weighted by atomic mass is 35.5. The number of halogens is 4. The van der Waals surface area contributed by atoms with Gasteiger partial charge in [0.15, 0.2) is 5.69 Å². The number of hydrogen-bond donors (Lipinski definition) is 2. The van der Waals surface area contributed by atoms with Gasteiger partial charge in [0.1, 0.15) is 11.3 Å².